The summed E-state index contributed by atoms with van der Waals surface area (Å²) >= 11 is 0. The van der Waals surface area contributed by atoms with Crippen LogP contribution in [0.25, 0.3) is 0 Å². The van der Waals surface area contributed by atoms with Crippen molar-refractivity contribution in [1.29, 1.82) is 0 Å². The number of likely N-dealkylation sites (tertiary alicyclic amines) is 1. The highest BCUT2D eigenvalue weighted by molar-refractivity contribution is 5.88. The highest BCUT2D eigenvalue weighted by atomic mass is 16.3. The highest BCUT2D eigenvalue weighted by Crippen LogP contribution is 2.13. The molecule has 1 unspecified atom stereocenters. The lowest BCUT2D eigenvalue weighted by atomic mass is 10.2. The van der Waals surface area contributed by atoms with Crippen LogP contribution in [-0.2, 0) is 16.0 Å². The number of carbonyl (C=O) groups excluding carboxylic acids is 2. The molecular formula is C14H20N2O3. The number of nitrogens with one attached hydrogen (secondary N) is 1. The van der Waals surface area contributed by atoms with Gasteiger partial charge in [-0.1, -0.05) is 0 Å². The molecule has 0 aliphatic carbocycles. The van der Waals surface area contributed by atoms with Crippen molar-refractivity contribution in [2.24, 2.45) is 0 Å². The lowest BCUT2D eigenvalue weighted by molar-refractivity contribution is -0.136. The van der Waals surface area contributed by atoms with Crippen LogP contribution in [0.15, 0.2) is 22.8 Å². The summed E-state index contributed by atoms with van der Waals surface area (Å²) in [6.45, 7) is 3.08. The van der Waals surface area contributed by atoms with Gasteiger partial charge in [0.15, 0.2) is 0 Å². The molecule has 0 radical (unpaired) electrons. The van der Waals surface area contributed by atoms with Crippen molar-refractivity contribution in [3.8, 4) is 0 Å². The van der Waals surface area contributed by atoms with Gasteiger partial charge in [-0.05, 0) is 31.9 Å². The third-order valence-electron chi connectivity index (χ3n) is 3.44. The zero-order valence-corrected chi connectivity index (χ0v) is 11.2. The predicted molar refractivity (Wildman–Crippen MR) is 70.4 cm³/mol. The van der Waals surface area contributed by atoms with Gasteiger partial charge >= 0.3 is 0 Å². The Morgan fingerprint density at radius 3 is 3.05 bits per heavy atom. The summed E-state index contributed by atoms with van der Waals surface area (Å²) in [5.41, 5.74) is 0. The molecule has 2 heterocycles. The van der Waals surface area contributed by atoms with Gasteiger partial charge in [0.1, 0.15) is 11.8 Å². The van der Waals surface area contributed by atoms with E-state index in [2.05, 4.69) is 5.32 Å². The Balaban J connectivity index is 1.67. The van der Waals surface area contributed by atoms with E-state index in [9.17, 15) is 9.59 Å². The maximum atomic E-state index is 11.9. The molecule has 0 bridgehead atoms. The van der Waals surface area contributed by atoms with Crippen molar-refractivity contribution in [3.63, 3.8) is 0 Å². The average Bonchev–Trinajstić information content (AvgIpc) is 3.04. The van der Waals surface area contributed by atoms with E-state index in [1.54, 1.807) is 18.1 Å². The number of rotatable bonds is 6. The van der Waals surface area contributed by atoms with E-state index in [4.69, 9.17) is 4.42 Å². The second-order valence-electron chi connectivity index (χ2n) is 4.84. The minimum atomic E-state index is -0.362. The van der Waals surface area contributed by atoms with E-state index in [1.165, 1.54) is 0 Å². The number of aryl methyl sites for hydroxylation is 1. The van der Waals surface area contributed by atoms with E-state index >= 15 is 0 Å². The molecule has 1 aromatic heterocycles. The lowest BCUT2D eigenvalue weighted by Gasteiger charge is -2.23. The maximum Gasteiger partial charge on any atom is 0.242 e. The third kappa shape index (κ3) is 3.59. The Morgan fingerprint density at radius 2 is 2.42 bits per heavy atom. The van der Waals surface area contributed by atoms with Crippen LogP contribution in [-0.4, -0.2) is 35.8 Å². The summed E-state index contributed by atoms with van der Waals surface area (Å²) in [6, 6.07) is 3.42. The van der Waals surface area contributed by atoms with Crippen LogP contribution in [0.5, 0.6) is 0 Å². The second kappa shape index (κ2) is 6.41. The normalized spacial score (nSPS) is 16.7. The molecule has 5 heteroatoms. The van der Waals surface area contributed by atoms with Gasteiger partial charge in [0.25, 0.3) is 0 Å². The molecule has 1 saturated heterocycles. The van der Waals surface area contributed by atoms with Crippen LogP contribution in [0.2, 0.25) is 0 Å². The molecule has 2 amide bonds. The first-order chi connectivity index (χ1) is 9.18. The Labute approximate surface area is 113 Å². The number of hydrogen-bond donors (Lipinski definition) is 1. The van der Waals surface area contributed by atoms with Crippen LogP contribution in [0, 0.1) is 0 Å². The Morgan fingerprint density at radius 1 is 1.58 bits per heavy atom. The van der Waals surface area contributed by atoms with Gasteiger partial charge in [-0.3, -0.25) is 9.59 Å². The smallest absolute Gasteiger partial charge is 0.242 e. The number of hydrogen-bond acceptors (Lipinski definition) is 3. The van der Waals surface area contributed by atoms with Crippen LogP contribution < -0.4 is 5.32 Å². The van der Waals surface area contributed by atoms with Crippen LogP contribution in [0.4, 0.5) is 0 Å². The largest absolute Gasteiger partial charge is 0.469 e. The molecule has 2 rings (SSSR count). The van der Waals surface area contributed by atoms with Gasteiger partial charge in [0, 0.05) is 25.9 Å². The van der Waals surface area contributed by atoms with Crippen molar-refractivity contribution in [3.05, 3.63) is 24.2 Å². The fourth-order valence-corrected chi connectivity index (χ4v) is 2.30. The number of carbonyl (C=O) groups is 2. The standard InChI is InChI=1S/C14H20N2O3/c1-11(16-9-3-7-13(16)17)14(18)15-8-2-5-12-6-4-10-19-12/h4,6,10-11H,2-3,5,7-9H2,1H3,(H,15,18). The summed E-state index contributed by atoms with van der Waals surface area (Å²) < 4.78 is 5.22. The van der Waals surface area contributed by atoms with Gasteiger partial charge in [0.2, 0.25) is 11.8 Å². The number of nitrogens with zero attached hydrogens (tertiary/aromatic N) is 1. The minimum absolute atomic E-state index is 0.0744. The topological polar surface area (TPSA) is 62.6 Å². The van der Waals surface area contributed by atoms with E-state index < -0.39 is 0 Å². The molecule has 1 aliphatic rings. The second-order valence-corrected chi connectivity index (χ2v) is 4.84. The van der Waals surface area contributed by atoms with Crippen molar-refractivity contribution in [1.82, 2.24) is 10.2 Å². The van der Waals surface area contributed by atoms with Gasteiger partial charge in [-0.15, -0.1) is 0 Å². The summed E-state index contributed by atoms with van der Waals surface area (Å²) in [5.74, 6) is 0.935. The molecule has 1 N–H and O–H groups in total. The van der Waals surface area contributed by atoms with Crippen molar-refractivity contribution < 1.29 is 14.0 Å². The molecule has 1 atom stereocenters. The van der Waals surface area contributed by atoms with Gasteiger partial charge in [0.05, 0.1) is 6.26 Å². The summed E-state index contributed by atoms with van der Waals surface area (Å²) in [4.78, 5) is 25.1. The maximum absolute atomic E-state index is 11.9. The van der Waals surface area contributed by atoms with Gasteiger partial charge in [-0.25, -0.2) is 0 Å². The number of amides is 2. The first kappa shape index (κ1) is 13.6. The Kier molecular flexibility index (Phi) is 4.60. The van der Waals surface area contributed by atoms with Crippen LogP contribution in [0.3, 0.4) is 0 Å². The van der Waals surface area contributed by atoms with E-state index in [0.29, 0.717) is 19.5 Å². The Hall–Kier alpha value is -1.78. The molecule has 104 valence electrons. The first-order valence-electron chi connectivity index (χ1n) is 6.78. The summed E-state index contributed by atoms with van der Waals surface area (Å²) in [6.07, 6.45) is 4.71. The fraction of sp³-hybridized carbons (Fsp3) is 0.571. The number of furan rings is 1. The summed E-state index contributed by atoms with van der Waals surface area (Å²) in [5, 5.41) is 2.87. The quantitative estimate of drug-likeness (QED) is 0.789. The zero-order valence-electron chi connectivity index (χ0n) is 11.2. The van der Waals surface area contributed by atoms with Gasteiger partial charge in [-0.2, -0.15) is 0 Å². The molecule has 1 fully saturated rings. The lowest BCUT2D eigenvalue weighted by Crippen LogP contribution is -2.45. The molecule has 1 aromatic rings. The summed E-state index contributed by atoms with van der Waals surface area (Å²) in [7, 11) is 0. The van der Waals surface area contributed by atoms with E-state index in [-0.39, 0.29) is 17.9 Å². The van der Waals surface area contributed by atoms with Crippen LogP contribution in [0.1, 0.15) is 31.9 Å². The first-order valence-corrected chi connectivity index (χ1v) is 6.78. The fourth-order valence-electron chi connectivity index (χ4n) is 2.30. The van der Waals surface area contributed by atoms with Crippen molar-refractivity contribution in [2.45, 2.75) is 38.6 Å². The highest BCUT2D eigenvalue weighted by Gasteiger charge is 2.28. The molecule has 5 nitrogen and oxygen atoms in total. The SMILES string of the molecule is CC(C(=O)NCCCc1ccco1)N1CCCC1=O. The molecule has 0 saturated carbocycles. The Bertz CT molecular complexity index is 428. The zero-order chi connectivity index (χ0) is 13.7. The third-order valence-corrected chi connectivity index (χ3v) is 3.44. The molecular weight excluding hydrogens is 244 g/mol. The van der Waals surface area contributed by atoms with Crippen LogP contribution >= 0.6 is 0 Å². The molecule has 0 aromatic carbocycles. The minimum Gasteiger partial charge on any atom is -0.469 e. The van der Waals surface area contributed by atoms with Gasteiger partial charge < -0.3 is 14.6 Å². The molecule has 19 heavy (non-hydrogen) atoms. The molecule has 1 aliphatic heterocycles. The predicted octanol–water partition coefficient (Wildman–Crippen LogP) is 1.34. The average molecular weight is 264 g/mol. The van der Waals surface area contributed by atoms with E-state index in [0.717, 1.165) is 25.0 Å². The van der Waals surface area contributed by atoms with Crippen molar-refractivity contribution >= 4 is 11.8 Å². The molecule has 0 spiro atoms. The van der Waals surface area contributed by atoms with E-state index in [1.807, 2.05) is 12.1 Å². The monoisotopic (exact) mass is 264 g/mol. The van der Waals surface area contributed by atoms with Crippen molar-refractivity contribution in [2.75, 3.05) is 13.1 Å².